The number of aromatic carboxylic acids is 2. The van der Waals surface area contributed by atoms with Gasteiger partial charge < -0.3 is 20.6 Å². The van der Waals surface area contributed by atoms with E-state index in [1.165, 1.54) is 36.4 Å². The van der Waals surface area contributed by atoms with E-state index < -0.39 is 49.6 Å². The summed E-state index contributed by atoms with van der Waals surface area (Å²) in [5.41, 5.74) is -1.62. The molecule has 0 atom stereocenters. The third-order valence-corrected chi connectivity index (χ3v) is 7.88. The number of hydrogen-bond acceptors (Lipinski definition) is 9. The van der Waals surface area contributed by atoms with Crippen molar-refractivity contribution >= 4 is 78.7 Å². The van der Waals surface area contributed by atoms with Crippen LogP contribution in [0.1, 0.15) is 39.6 Å². The fourth-order valence-electron chi connectivity index (χ4n) is 4.07. The molecule has 0 aromatic heterocycles. The molecule has 4 rings (SSSR count). The van der Waals surface area contributed by atoms with Gasteiger partial charge in [0.25, 0.3) is 10.0 Å². The van der Waals surface area contributed by atoms with Gasteiger partial charge in [-0.3, -0.25) is 9.52 Å². The lowest BCUT2D eigenvalue weighted by Crippen LogP contribution is -2.15. The number of amides is 1. The van der Waals surface area contributed by atoms with Crippen molar-refractivity contribution in [3.05, 3.63) is 87.7 Å². The molecule has 4 aromatic rings. The molecule has 16 heteroatoms. The molecule has 1 amide bonds. The van der Waals surface area contributed by atoms with Crippen molar-refractivity contribution in [3.63, 3.8) is 0 Å². The Balaban J connectivity index is 1.95. The highest BCUT2D eigenvalue weighted by molar-refractivity contribution is 7.92. The number of aromatic hydroxyl groups is 1. The summed E-state index contributed by atoms with van der Waals surface area (Å²) in [4.78, 5) is 37.9. The summed E-state index contributed by atoms with van der Waals surface area (Å²) in [5, 5.41) is 49.8. The summed E-state index contributed by atoms with van der Waals surface area (Å²) >= 11 is 6.24. The first-order valence-electron chi connectivity index (χ1n) is 12.6. The second-order valence-electron chi connectivity index (χ2n) is 9.13. The van der Waals surface area contributed by atoms with E-state index in [0.717, 1.165) is 18.2 Å². The van der Waals surface area contributed by atoms with E-state index in [-0.39, 0.29) is 56.2 Å². The molecule has 226 valence electrons. The number of carboxylic acid groups (broad SMARTS) is 2. The lowest BCUT2D eigenvalue weighted by molar-refractivity contribution is -0.115. The van der Waals surface area contributed by atoms with Crippen LogP contribution in [0.4, 0.5) is 28.4 Å². The summed E-state index contributed by atoms with van der Waals surface area (Å²) in [7, 11) is -4.66. The molecule has 0 saturated heterocycles. The lowest BCUT2D eigenvalue weighted by Gasteiger charge is -2.16. The van der Waals surface area contributed by atoms with Crippen molar-refractivity contribution in [1.82, 2.24) is 0 Å². The number of carbonyl (C=O) groups is 3. The summed E-state index contributed by atoms with van der Waals surface area (Å²) in [6, 6.07) is 11.9. The number of carboxylic acids is 2. The molecule has 0 aliphatic heterocycles. The number of fused-ring (bicyclic) bond motifs is 1. The van der Waals surface area contributed by atoms with Crippen LogP contribution < -0.4 is 10.0 Å². The molecule has 5 N–H and O–H groups in total. The molecule has 0 aliphatic carbocycles. The minimum atomic E-state index is -4.66. The Morgan fingerprint density at radius 2 is 1.64 bits per heavy atom. The van der Waals surface area contributed by atoms with Crippen LogP contribution in [-0.2, 0) is 14.8 Å². The van der Waals surface area contributed by atoms with Crippen LogP contribution in [0.5, 0.6) is 5.75 Å². The maximum atomic E-state index is 13.5. The standard InChI is InChI=1S/C29H19ClN6O8S/c1-3-25(37)33-24-12-23(35-34-22-11-21(32-2)16(13-31)10-19(22)30)26-18(27(24)38)5-4-6-20(26)36-45(43,44)17-8-14(28(39)40)7-15(9-17)29(41)42/h4-12,36,38H,3H2,1H3,(H,33,37)(H,39,40)(H,41,42)/b35-34+. The Hall–Kier alpha value is -6.03. The van der Waals surface area contributed by atoms with E-state index >= 15 is 0 Å². The van der Waals surface area contributed by atoms with Crippen molar-refractivity contribution in [2.45, 2.75) is 18.2 Å². The highest BCUT2D eigenvalue weighted by atomic mass is 35.5. The third-order valence-electron chi connectivity index (χ3n) is 6.23. The van der Waals surface area contributed by atoms with Gasteiger partial charge in [0.2, 0.25) is 11.6 Å². The molecule has 0 spiro atoms. The number of hydrogen-bond donors (Lipinski definition) is 5. The Labute approximate surface area is 259 Å². The normalized spacial score (nSPS) is 11.1. The van der Waals surface area contributed by atoms with Gasteiger partial charge in [-0.15, -0.1) is 5.11 Å². The quantitative estimate of drug-likeness (QED) is 0.0750. The first kappa shape index (κ1) is 31.9. The maximum absolute atomic E-state index is 13.5. The van der Waals surface area contributed by atoms with Crippen molar-refractivity contribution in [3.8, 4) is 11.8 Å². The van der Waals surface area contributed by atoms with Crippen LogP contribution in [-0.4, -0.2) is 41.6 Å². The molecule has 45 heavy (non-hydrogen) atoms. The number of nitrogens with one attached hydrogen (secondary N) is 2. The summed E-state index contributed by atoms with van der Waals surface area (Å²) < 4.78 is 29.2. The van der Waals surface area contributed by atoms with Crippen LogP contribution >= 0.6 is 11.6 Å². The summed E-state index contributed by atoms with van der Waals surface area (Å²) in [6.45, 7) is 8.89. The summed E-state index contributed by atoms with van der Waals surface area (Å²) in [5.74, 6) is -4.03. The second-order valence-corrected chi connectivity index (χ2v) is 11.2. The predicted molar refractivity (Wildman–Crippen MR) is 162 cm³/mol. The van der Waals surface area contributed by atoms with E-state index in [1.807, 2.05) is 6.07 Å². The Morgan fingerprint density at radius 3 is 2.22 bits per heavy atom. The summed E-state index contributed by atoms with van der Waals surface area (Å²) in [6.07, 6.45) is 0.0577. The maximum Gasteiger partial charge on any atom is 0.335 e. The molecule has 14 nitrogen and oxygen atoms in total. The molecule has 4 aromatic carbocycles. The fraction of sp³-hybridized carbons (Fsp3) is 0.0690. The monoisotopic (exact) mass is 646 g/mol. The van der Waals surface area contributed by atoms with E-state index in [1.54, 1.807) is 6.92 Å². The van der Waals surface area contributed by atoms with E-state index in [9.17, 15) is 43.4 Å². The first-order chi connectivity index (χ1) is 21.3. The Morgan fingerprint density at radius 1 is 1.00 bits per heavy atom. The second kappa shape index (κ2) is 12.7. The molecule has 0 radical (unpaired) electrons. The van der Waals surface area contributed by atoms with Gasteiger partial charge in [-0.25, -0.2) is 22.9 Å². The fourth-order valence-corrected chi connectivity index (χ4v) is 5.41. The van der Waals surface area contributed by atoms with Gasteiger partial charge in [-0.05, 0) is 42.5 Å². The minimum absolute atomic E-state index is 0.00307. The predicted octanol–water partition coefficient (Wildman–Crippen LogP) is 6.58. The van der Waals surface area contributed by atoms with Crippen molar-refractivity contribution in [1.29, 1.82) is 5.26 Å². The number of carbonyl (C=O) groups excluding carboxylic acids is 1. The number of anilines is 2. The Kier molecular flexibility index (Phi) is 8.99. The van der Waals surface area contributed by atoms with Gasteiger partial charge >= 0.3 is 11.9 Å². The van der Waals surface area contributed by atoms with Gasteiger partial charge in [0.05, 0.1) is 62.0 Å². The number of phenols is 1. The molecule has 0 aliphatic rings. The van der Waals surface area contributed by atoms with Gasteiger partial charge in [0, 0.05) is 17.2 Å². The molecule has 0 unspecified atom stereocenters. The number of nitrogens with zero attached hydrogens (tertiary/aromatic N) is 4. The third kappa shape index (κ3) is 6.65. The van der Waals surface area contributed by atoms with Gasteiger partial charge in [0.1, 0.15) is 5.75 Å². The zero-order valence-corrected chi connectivity index (χ0v) is 24.4. The average molecular weight is 647 g/mol. The molecule has 0 fully saturated rings. The molecule has 0 bridgehead atoms. The van der Waals surface area contributed by atoms with E-state index in [4.69, 9.17) is 18.2 Å². The number of azo groups is 1. The topological polar surface area (TPSA) is 223 Å². The number of nitriles is 1. The highest BCUT2D eigenvalue weighted by Gasteiger charge is 2.23. The van der Waals surface area contributed by atoms with E-state index in [2.05, 4.69) is 25.1 Å². The largest absolute Gasteiger partial charge is 0.505 e. The van der Waals surface area contributed by atoms with Crippen molar-refractivity contribution in [2.24, 2.45) is 10.2 Å². The van der Waals surface area contributed by atoms with Crippen molar-refractivity contribution < 1.29 is 38.1 Å². The number of sulfonamides is 1. The lowest BCUT2D eigenvalue weighted by atomic mass is 10.0. The first-order valence-corrected chi connectivity index (χ1v) is 14.4. The molecule has 0 heterocycles. The molecular formula is C29H19ClN6O8S. The van der Waals surface area contributed by atoms with Crippen LogP contribution in [0.3, 0.4) is 0 Å². The zero-order valence-electron chi connectivity index (χ0n) is 22.9. The minimum Gasteiger partial charge on any atom is -0.505 e. The van der Waals surface area contributed by atoms with Crippen LogP contribution in [0.25, 0.3) is 15.6 Å². The van der Waals surface area contributed by atoms with Crippen molar-refractivity contribution in [2.75, 3.05) is 10.0 Å². The molecular weight excluding hydrogens is 628 g/mol. The Bertz CT molecular complexity index is 2120. The van der Waals surface area contributed by atoms with Gasteiger partial charge in [-0.2, -0.15) is 10.4 Å². The van der Waals surface area contributed by atoms with Crippen LogP contribution in [0, 0.1) is 17.9 Å². The smallest absolute Gasteiger partial charge is 0.335 e. The van der Waals surface area contributed by atoms with Gasteiger partial charge in [-0.1, -0.05) is 30.7 Å². The zero-order chi connectivity index (χ0) is 33.1. The van der Waals surface area contributed by atoms with Gasteiger partial charge in [0.15, 0.2) is 0 Å². The van der Waals surface area contributed by atoms with Crippen LogP contribution in [0.2, 0.25) is 5.02 Å². The number of rotatable bonds is 9. The van der Waals surface area contributed by atoms with Crippen LogP contribution in [0.15, 0.2) is 69.7 Å². The van der Waals surface area contributed by atoms with E-state index in [0.29, 0.717) is 0 Å². The number of benzene rings is 4. The molecule has 0 saturated carbocycles. The SMILES string of the molecule is [C-]#[N+]c1cc(/N=N/c2cc(NC(=O)CC)c(O)c3cccc(NS(=O)(=O)c4cc(C(=O)O)cc(C(=O)O)c4)c23)c(Cl)cc1C#N. The number of phenolic OH excluding ortho intramolecular Hbond substituents is 1. The average Bonchev–Trinajstić information content (AvgIpc) is 3.01. The highest BCUT2D eigenvalue weighted by Crippen LogP contribution is 2.44. The number of halogens is 1.